The van der Waals surface area contributed by atoms with Crippen LogP contribution in [-0.4, -0.2) is 12.1 Å². The largest absolute Gasteiger partial charge is 0.481 e. The molecule has 3 nitrogen and oxygen atoms in total. The summed E-state index contributed by atoms with van der Waals surface area (Å²) in [6, 6.07) is 9.15. The maximum atomic E-state index is 12.7. The minimum absolute atomic E-state index is 0.348. The summed E-state index contributed by atoms with van der Waals surface area (Å²) in [6.45, 7) is 0. The Morgan fingerprint density at radius 1 is 1.15 bits per heavy atom. The number of halogens is 3. The molecule has 0 aliphatic heterocycles. The fourth-order valence-electron chi connectivity index (χ4n) is 1.80. The number of methoxy groups -OCH3 is 1. The highest BCUT2D eigenvalue weighted by atomic mass is 19.4. The van der Waals surface area contributed by atoms with Gasteiger partial charge in [-0.1, -0.05) is 18.2 Å². The fraction of sp³-hybridized carbons (Fsp3) is 0.214. The number of benzene rings is 1. The third-order valence-electron chi connectivity index (χ3n) is 2.85. The van der Waals surface area contributed by atoms with Gasteiger partial charge in [-0.2, -0.15) is 13.2 Å². The Morgan fingerprint density at radius 3 is 2.50 bits per heavy atom. The lowest BCUT2D eigenvalue weighted by Crippen LogP contribution is -2.15. The van der Waals surface area contributed by atoms with Crippen LogP contribution in [0.5, 0.6) is 5.88 Å². The molecule has 1 unspecified atom stereocenters. The number of hydrogen-bond donors (Lipinski definition) is 1. The molecular formula is C14H13F3N2O. The lowest BCUT2D eigenvalue weighted by molar-refractivity contribution is -0.137. The van der Waals surface area contributed by atoms with E-state index in [-0.39, 0.29) is 0 Å². The van der Waals surface area contributed by atoms with Crippen molar-refractivity contribution in [2.45, 2.75) is 12.2 Å². The standard InChI is InChI=1S/C14H13F3N2O/c1-20-12-7-3-6-11(19-12)13(18)9-4-2-5-10(8-9)14(15,16)17/h2-8,13H,18H2,1H3. The summed E-state index contributed by atoms with van der Waals surface area (Å²) >= 11 is 0. The quantitative estimate of drug-likeness (QED) is 0.940. The van der Waals surface area contributed by atoms with Crippen LogP contribution in [0.4, 0.5) is 13.2 Å². The first-order valence-electron chi connectivity index (χ1n) is 5.85. The summed E-state index contributed by atoms with van der Waals surface area (Å²) < 4.78 is 43.0. The van der Waals surface area contributed by atoms with Crippen LogP contribution in [0.2, 0.25) is 0 Å². The summed E-state index contributed by atoms with van der Waals surface area (Å²) in [6.07, 6.45) is -4.39. The molecule has 2 aromatic rings. The maximum Gasteiger partial charge on any atom is 0.416 e. The minimum atomic E-state index is -4.39. The van der Waals surface area contributed by atoms with Crippen molar-refractivity contribution in [3.8, 4) is 5.88 Å². The first-order valence-corrected chi connectivity index (χ1v) is 5.85. The number of ether oxygens (including phenoxy) is 1. The molecule has 0 amide bonds. The van der Waals surface area contributed by atoms with Gasteiger partial charge in [0.15, 0.2) is 0 Å². The third kappa shape index (κ3) is 3.08. The van der Waals surface area contributed by atoms with Gasteiger partial charge < -0.3 is 10.5 Å². The number of rotatable bonds is 3. The highest BCUT2D eigenvalue weighted by molar-refractivity contribution is 5.33. The van der Waals surface area contributed by atoms with E-state index in [0.717, 1.165) is 12.1 Å². The maximum absolute atomic E-state index is 12.7. The van der Waals surface area contributed by atoms with Crippen LogP contribution in [0, 0.1) is 0 Å². The molecule has 0 spiro atoms. The Balaban J connectivity index is 2.35. The molecule has 0 radical (unpaired) electrons. The van der Waals surface area contributed by atoms with Crippen LogP contribution >= 0.6 is 0 Å². The van der Waals surface area contributed by atoms with Crippen LogP contribution < -0.4 is 10.5 Å². The van der Waals surface area contributed by atoms with Gasteiger partial charge in [-0.3, -0.25) is 0 Å². The van der Waals surface area contributed by atoms with Crippen molar-refractivity contribution in [1.82, 2.24) is 4.98 Å². The van der Waals surface area contributed by atoms with Crippen LogP contribution in [0.3, 0.4) is 0 Å². The van der Waals surface area contributed by atoms with Crippen molar-refractivity contribution in [2.24, 2.45) is 5.73 Å². The molecule has 1 aromatic carbocycles. The van der Waals surface area contributed by atoms with Gasteiger partial charge in [-0.05, 0) is 23.8 Å². The van der Waals surface area contributed by atoms with Gasteiger partial charge in [0.1, 0.15) is 0 Å². The molecule has 6 heteroatoms. The average Bonchev–Trinajstić information content (AvgIpc) is 2.46. The fourth-order valence-corrected chi connectivity index (χ4v) is 1.80. The molecule has 0 aliphatic carbocycles. The molecule has 1 heterocycles. The number of hydrogen-bond acceptors (Lipinski definition) is 3. The van der Waals surface area contributed by atoms with Crippen molar-refractivity contribution in [1.29, 1.82) is 0 Å². The van der Waals surface area contributed by atoms with Gasteiger partial charge in [-0.15, -0.1) is 0 Å². The highest BCUT2D eigenvalue weighted by Gasteiger charge is 2.30. The number of alkyl halides is 3. The lowest BCUT2D eigenvalue weighted by Gasteiger charge is -2.14. The second-order valence-corrected chi connectivity index (χ2v) is 4.21. The number of nitrogens with two attached hydrogens (primary N) is 1. The first kappa shape index (κ1) is 14.3. The van der Waals surface area contributed by atoms with Crippen LogP contribution in [0.25, 0.3) is 0 Å². The van der Waals surface area contributed by atoms with Crippen molar-refractivity contribution < 1.29 is 17.9 Å². The Kier molecular flexibility index (Phi) is 3.94. The minimum Gasteiger partial charge on any atom is -0.481 e. The van der Waals surface area contributed by atoms with Gasteiger partial charge in [0.25, 0.3) is 0 Å². The molecule has 0 saturated carbocycles. The number of aromatic nitrogens is 1. The first-order chi connectivity index (χ1) is 9.41. The second kappa shape index (κ2) is 5.50. The van der Waals surface area contributed by atoms with Gasteiger partial charge in [0.2, 0.25) is 5.88 Å². The predicted molar refractivity (Wildman–Crippen MR) is 68.3 cm³/mol. The predicted octanol–water partition coefficient (Wildman–Crippen LogP) is 3.16. The van der Waals surface area contributed by atoms with E-state index < -0.39 is 17.8 Å². The summed E-state index contributed by atoms with van der Waals surface area (Å²) in [5.74, 6) is 0.366. The normalized spacial score (nSPS) is 13.1. The number of pyridine rings is 1. The zero-order chi connectivity index (χ0) is 14.8. The second-order valence-electron chi connectivity index (χ2n) is 4.21. The van der Waals surface area contributed by atoms with Crippen molar-refractivity contribution >= 4 is 0 Å². The van der Waals surface area contributed by atoms with Crippen molar-refractivity contribution in [3.05, 3.63) is 59.3 Å². The summed E-state index contributed by atoms with van der Waals surface area (Å²) in [7, 11) is 1.46. The molecule has 20 heavy (non-hydrogen) atoms. The van der Waals surface area contributed by atoms with E-state index in [1.54, 1.807) is 24.3 Å². The summed E-state index contributed by atoms with van der Waals surface area (Å²) in [5, 5.41) is 0. The molecule has 0 fully saturated rings. The molecule has 0 saturated heterocycles. The molecule has 2 rings (SSSR count). The Morgan fingerprint density at radius 2 is 1.85 bits per heavy atom. The van der Waals surface area contributed by atoms with E-state index in [0.29, 0.717) is 17.1 Å². The van der Waals surface area contributed by atoms with Crippen LogP contribution in [0.1, 0.15) is 22.9 Å². The smallest absolute Gasteiger partial charge is 0.416 e. The van der Waals surface area contributed by atoms with E-state index in [2.05, 4.69) is 4.98 Å². The molecule has 2 N–H and O–H groups in total. The van der Waals surface area contributed by atoms with Crippen LogP contribution in [0.15, 0.2) is 42.5 Å². The Hall–Kier alpha value is -2.08. The lowest BCUT2D eigenvalue weighted by atomic mass is 10.0. The zero-order valence-corrected chi connectivity index (χ0v) is 10.7. The monoisotopic (exact) mass is 282 g/mol. The molecule has 0 aliphatic rings. The topological polar surface area (TPSA) is 48.1 Å². The van der Waals surface area contributed by atoms with Crippen LogP contribution in [-0.2, 0) is 6.18 Å². The average molecular weight is 282 g/mol. The van der Waals surface area contributed by atoms with Gasteiger partial charge in [0, 0.05) is 6.07 Å². The Bertz CT molecular complexity index is 599. The third-order valence-corrected chi connectivity index (χ3v) is 2.85. The molecule has 0 bridgehead atoms. The van der Waals surface area contributed by atoms with Crippen molar-refractivity contribution in [2.75, 3.05) is 7.11 Å². The van der Waals surface area contributed by atoms with Crippen molar-refractivity contribution in [3.63, 3.8) is 0 Å². The Labute approximate surface area is 114 Å². The molecule has 1 atom stereocenters. The summed E-state index contributed by atoms with van der Waals surface area (Å²) in [5.41, 5.74) is 6.03. The number of nitrogens with zero attached hydrogens (tertiary/aromatic N) is 1. The zero-order valence-electron chi connectivity index (χ0n) is 10.7. The SMILES string of the molecule is COc1cccc(C(N)c2cccc(C(F)(F)F)c2)n1. The highest BCUT2D eigenvalue weighted by Crippen LogP contribution is 2.31. The van der Waals surface area contributed by atoms with E-state index in [1.165, 1.54) is 13.2 Å². The van der Waals surface area contributed by atoms with Gasteiger partial charge in [0.05, 0.1) is 24.4 Å². The van der Waals surface area contributed by atoms with E-state index in [9.17, 15) is 13.2 Å². The summed E-state index contributed by atoms with van der Waals surface area (Å²) in [4.78, 5) is 4.13. The van der Waals surface area contributed by atoms with Gasteiger partial charge >= 0.3 is 6.18 Å². The molecule has 1 aromatic heterocycles. The van der Waals surface area contributed by atoms with E-state index >= 15 is 0 Å². The van der Waals surface area contributed by atoms with E-state index in [1.807, 2.05) is 0 Å². The molecule has 106 valence electrons. The van der Waals surface area contributed by atoms with Gasteiger partial charge in [-0.25, -0.2) is 4.98 Å². The van der Waals surface area contributed by atoms with E-state index in [4.69, 9.17) is 10.5 Å². The molecular weight excluding hydrogens is 269 g/mol.